The van der Waals surface area contributed by atoms with Gasteiger partial charge in [0, 0.05) is 13.0 Å². The number of halogens is 3. The lowest BCUT2D eigenvalue weighted by atomic mass is 10.00. The minimum absolute atomic E-state index is 0.135. The van der Waals surface area contributed by atoms with Crippen LogP contribution in [0.5, 0.6) is 0 Å². The summed E-state index contributed by atoms with van der Waals surface area (Å²) in [6, 6.07) is 0. The number of aryl methyl sites for hydroxylation is 1. The van der Waals surface area contributed by atoms with Crippen molar-refractivity contribution in [3.8, 4) is 0 Å². The largest absolute Gasteiger partial charge is 0.389 e. The van der Waals surface area contributed by atoms with E-state index >= 15 is 0 Å². The van der Waals surface area contributed by atoms with Crippen molar-refractivity contribution in [2.24, 2.45) is 0 Å². The highest BCUT2D eigenvalue weighted by molar-refractivity contribution is 4.97. The van der Waals surface area contributed by atoms with E-state index in [9.17, 15) is 13.2 Å². The average Bonchev–Trinajstić information content (AvgIpc) is 2.75. The molecule has 1 aromatic rings. The van der Waals surface area contributed by atoms with Crippen LogP contribution in [0.2, 0.25) is 0 Å². The lowest BCUT2D eigenvalue weighted by Gasteiger charge is -2.18. The first-order valence-electron chi connectivity index (χ1n) is 5.64. The second kappa shape index (κ2) is 5.03. The molecule has 0 amide bonds. The van der Waals surface area contributed by atoms with Gasteiger partial charge in [0.05, 0.1) is 12.3 Å². The first kappa shape index (κ1) is 12.3. The van der Waals surface area contributed by atoms with E-state index in [-0.39, 0.29) is 18.2 Å². The summed E-state index contributed by atoms with van der Waals surface area (Å²) >= 11 is 0. The lowest BCUT2D eigenvalue weighted by Crippen LogP contribution is -2.28. The molecule has 1 aliphatic heterocycles. The van der Waals surface area contributed by atoms with E-state index in [1.54, 1.807) is 0 Å². The zero-order valence-electron chi connectivity index (χ0n) is 9.26. The Morgan fingerprint density at radius 2 is 2.24 bits per heavy atom. The van der Waals surface area contributed by atoms with E-state index in [0.717, 1.165) is 25.9 Å². The Balaban J connectivity index is 1.91. The normalized spacial score (nSPS) is 21.7. The summed E-state index contributed by atoms with van der Waals surface area (Å²) in [6.45, 7) is 1.71. The number of hydrogen-bond donors (Lipinski definition) is 1. The molecular weight excluding hydrogens is 235 g/mol. The van der Waals surface area contributed by atoms with Gasteiger partial charge in [-0.15, -0.1) is 0 Å². The molecule has 0 bridgehead atoms. The van der Waals surface area contributed by atoms with Crippen molar-refractivity contribution in [2.45, 2.75) is 37.8 Å². The van der Waals surface area contributed by atoms with Crippen molar-refractivity contribution < 1.29 is 17.7 Å². The number of nitrogens with zero attached hydrogens (tertiary/aromatic N) is 2. The molecule has 1 fully saturated rings. The molecule has 0 aliphatic carbocycles. The fourth-order valence-corrected chi connectivity index (χ4v) is 1.85. The summed E-state index contributed by atoms with van der Waals surface area (Å²) in [5, 5.41) is 6.77. The van der Waals surface area contributed by atoms with Crippen LogP contribution in [0.3, 0.4) is 0 Å². The second-order valence-corrected chi connectivity index (χ2v) is 4.21. The minimum Gasteiger partial charge on any atom is -0.339 e. The summed E-state index contributed by atoms with van der Waals surface area (Å²) in [5.74, 6) is 0.730. The molecule has 4 nitrogen and oxygen atoms in total. The average molecular weight is 249 g/mol. The summed E-state index contributed by atoms with van der Waals surface area (Å²) < 4.78 is 41.0. The zero-order valence-corrected chi connectivity index (χ0v) is 9.26. The molecule has 0 unspecified atom stereocenters. The first-order chi connectivity index (χ1) is 8.04. The molecule has 2 rings (SSSR count). The summed E-state index contributed by atoms with van der Waals surface area (Å²) in [4.78, 5) is 4.02. The molecule has 1 saturated heterocycles. The fraction of sp³-hybridized carbons (Fsp3) is 0.800. The highest BCUT2D eigenvalue weighted by atomic mass is 19.4. The van der Waals surface area contributed by atoms with Gasteiger partial charge in [0.25, 0.3) is 0 Å². The van der Waals surface area contributed by atoms with E-state index in [0.29, 0.717) is 5.89 Å². The van der Waals surface area contributed by atoms with Crippen molar-refractivity contribution in [2.75, 3.05) is 13.1 Å². The van der Waals surface area contributed by atoms with Crippen molar-refractivity contribution in [1.29, 1.82) is 0 Å². The molecule has 2 heterocycles. The van der Waals surface area contributed by atoms with Gasteiger partial charge in [0.15, 0.2) is 5.82 Å². The predicted molar refractivity (Wildman–Crippen MR) is 53.5 cm³/mol. The van der Waals surface area contributed by atoms with Gasteiger partial charge in [-0.3, -0.25) is 0 Å². The van der Waals surface area contributed by atoms with Crippen LogP contribution in [0.25, 0.3) is 0 Å². The summed E-state index contributed by atoms with van der Waals surface area (Å²) in [5.41, 5.74) is 0. The van der Waals surface area contributed by atoms with Crippen molar-refractivity contribution >= 4 is 0 Å². The zero-order chi connectivity index (χ0) is 12.3. The van der Waals surface area contributed by atoms with Crippen LogP contribution in [0, 0.1) is 0 Å². The topological polar surface area (TPSA) is 51.0 Å². The Kier molecular flexibility index (Phi) is 3.66. The third-order valence-electron chi connectivity index (χ3n) is 2.76. The van der Waals surface area contributed by atoms with Gasteiger partial charge >= 0.3 is 6.18 Å². The van der Waals surface area contributed by atoms with Crippen LogP contribution >= 0.6 is 0 Å². The number of nitrogens with one attached hydrogen (secondary N) is 1. The second-order valence-electron chi connectivity index (χ2n) is 4.21. The van der Waals surface area contributed by atoms with Crippen LogP contribution in [0.1, 0.15) is 36.9 Å². The highest BCUT2D eigenvalue weighted by Crippen LogP contribution is 2.24. The third-order valence-corrected chi connectivity index (χ3v) is 2.76. The Labute approximate surface area is 96.6 Å². The van der Waals surface area contributed by atoms with E-state index in [1.165, 1.54) is 0 Å². The first-order valence-corrected chi connectivity index (χ1v) is 5.64. The fourth-order valence-electron chi connectivity index (χ4n) is 1.85. The molecular formula is C10H14F3N3O. The van der Waals surface area contributed by atoms with Gasteiger partial charge in [-0.2, -0.15) is 18.2 Å². The smallest absolute Gasteiger partial charge is 0.339 e. The van der Waals surface area contributed by atoms with Crippen molar-refractivity contribution in [3.63, 3.8) is 0 Å². The molecule has 1 N–H and O–H groups in total. The number of alkyl halides is 3. The van der Waals surface area contributed by atoms with E-state index in [2.05, 4.69) is 15.5 Å². The van der Waals surface area contributed by atoms with E-state index < -0.39 is 12.6 Å². The molecule has 0 saturated carbocycles. The van der Waals surface area contributed by atoms with Crippen LogP contribution in [-0.2, 0) is 6.42 Å². The van der Waals surface area contributed by atoms with Gasteiger partial charge in [-0.1, -0.05) is 5.16 Å². The van der Waals surface area contributed by atoms with Crippen LogP contribution < -0.4 is 5.32 Å². The van der Waals surface area contributed by atoms with Gasteiger partial charge < -0.3 is 9.84 Å². The molecule has 7 heteroatoms. The van der Waals surface area contributed by atoms with E-state index in [4.69, 9.17) is 4.52 Å². The SMILES string of the molecule is FC(F)(F)CCc1noc([C@@H]2CCCNC2)n1. The molecule has 17 heavy (non-hydrogen) atoms. The Hall–Kier alpha value is -1.11. The Bertz CT molecular complexity index is 358. The molecule has 0 spiro atoms. The molecule has 0 aromatic carbocycles. The predicted octanol–water partition coefficient (Wildman–Crippen LogP) is 2.03. The highest BCUT2D eigenvalue weighted by Gasteiger charge is 2.28. The standard InChI is InChI=1S/C10H14F3N3O/c11-10(12,13)4-3-8-15-9(17-16-8)7-2-1-5-14-6-7/h7,14H,1-6H2/t7-/m1/s1. The Morgan fingerprint density at radius 3 is 2.88 bits per heavy atom. The summed E-state index contributed by atoms with van der Waals surface area (Å²) in [7, 11) is 0. The molecule has 1 aromatic heterocycles. The van der Waals surface area contributed by atoms with Gasteiger partial charge in [0.1, 0.15) is 0 Å². The lowest BCUT2D eigenvalue weighted by molar-refractivity contribution is -0.134. The molecule has 1 aliphatic rings. The monoisotopic (exact) mass is 249 g/mol. The quantitative estimate of drug-likeness (QED) is 0.890. The molecule has 0 radical (unpaired) electrons. The number of rotatable bonds is 3. The minimum atomic E-state index is -4.17. The summed E-state index contributed by atoms with van der Waals surface area (Å²) in [6.07, 6.45) is -3.34. The van der Waals surface area contributed by atoms with Gasteiger partial charge in [0.2, 0.25) is 5.89 Å². The maximum absolute atomic E-state index is 12.0. The van der Waals surface area contributed by atoms with Crippen LogP contribution in [-0.4, -0.2) is 29.4 Å². The van der Waals surface area contributed by atoms with Crippen molar-refractivity contribution in [1.82, 2.24) is 15.5 Å². The van der Waals surface area contributed by atoms with Gasteiger partial charge in [-0.25, -0.2) is 0 Å². The molecule has 96 valence electrons. The Morgan fingerprint density at radius 1 is 1.41 bits per heavy atom. The van der Waals surface area contributed by atoms with Crippen LogP contribution in [0.4, 0.5) is 13.2 Å². The van der Waals surface area contributed by atoms with E-state index in [1.807, 2.05) is 0 Å². The maximum atomic E-state index is 12.0. The van der Waals surface area contributed by atoms with Gasteiger partial charge in [-0.05, 0) is 19.4 Å². The third kappa shape index (κ3) is 3.69. The maximum Gasteiger partial charge on any atom is 0.389 e. The number of piperidine rings is 1. The number of hydrogen-bond acceptors (Lipinski definition) is 4. The van der Waals surface area contributed by atoms with Crippen LogP contribution in [0.15, 0.2) is 4.52 Å². The molecule has 1 atom stereocenters. The van der Waals surface area contributed by atoms with Crippen molar-refractivity contribution in [3.05, 3.63) is 11.7 Å². The number of aromatic nitrogens is 2.